The molecule has 24 heavy (non-hydrogen) atoms. The van der Waals surface area contributed by atoms with Crippen molar-refractivity contribution < 1.29 is 28.4 Å². The number of hydrogen-bond acceptors (Lipinski definition) is 5. The van der Waals surface area contributed by atoms with E-state index in [1.54, 1.807) is 0 Å². The Morgan fingerprint density at radius 3 is 1.54 bits per heavy atom. The smallest absolute Gasteiger partial charge is 0.388 e. The van der Waals surface area contributed by atoms with Crippen LogP contribution in [0.3, 0.4) is 0 Å². The van der Waals surface area contributed by atoms with Crippen LogP contribution in [0.5, 0.6) is 0 Å². The molecule has 0 aromatic heterocycles. The van der Waals surface area contributed by atoms with Crippen LogP contribution in [0.2, 0.25) is 0 Å². The molecule has 2 saturated carbocycles. The first-order valence-corrected chi connectivity index (χ1v) is 10.2. The Labute approximate surface area is 144 Å². The highest BCUT2D eigenvalue weighted by Crippen LogP contribution is 2.35. The van der Waals surface area contributed by atoms with Crippen molar-refractivity contribution in [3.05, 3.63) is 0 Å². The lowest BCUT2D eigenvalue weighted by atomic mass is 9.97. The van der Waals surface area contributed by atoms with Crippen LogP contribution in [0.25, 0.3) is 0 Å². The zero-order valence-corrected chi connectivity index (χ0v) is 15.2. The molecule has 2 aliphatic carbocycles. The number of phosphoric ester groups is 1. The lowest BCUT2D eigenvalue weighted by Gasteiger charge is -2.15. The molecule has 0 heterocycles. The third-order valence-corrected chi connectivity index (χ3v) is 4.40. The summed E-state index contributed by atoms with van der Waals surface area (Å²) in [6.45, 7) is -1.78. The van der Waals surface area contributed by atoms with Crippen LogP contribution in [0, 0.1) is 0 Å². The Balaban J connectivity index is 0.000000337. The average Bonchev–Trinajstić information content (AvgIpc) is 2.54. The first-order valence-electron chi connectivity index (χ1n) is 8.70. The van der Waals surface area contributed by atoms with E-state index in [0.29, 0.717) is 12.1 Å². The van der Waals surface area contributed by atoms with Crippen molar-refractivity contribution in [1.82, 2.24) is 0 Å². The fourth-order valence-electron chi connectivity index (χ4n) is 2.50. The second-order valence-electron chi connectivity index (χ2n) is 6.39. The van der Waals surface area contributed by atoms with Crippen LogP contribution in [-0.4, -0.2) is 46.4 Å². The summed E-state index contributed by atoms with van der Waals surface area (Å²) in [5.41, 5.74) is 11.3. The van der Waals surface area contributed by atoms with E-state index in [9.17, 15) is 8.96 Å². The lowest BCUT2D eigenvalue weighted by molar-refractivity contribution is 0.0671. The number of nitrogens with two attached hydrogens (primary N) is 2. The predicted molar refractivity (Wildman–Crippen MR) is 92.1 cm³/mol. The molecule has 2 fully saturated rings. The fourth-order valence-corrected chi connectivity index (χ4v) is 2.86. The van der Waals surface area contributed by atoms with E-state index >= 15 is 0 Å². The first-order chi connectivity index (χ1) is 11.2. The molecule has 146 valence electrons. The molecule has 9 heteroatoms. The van der Waals surface area contributed by atoms with Crippen LogP contribution in [0.15, 0.2) is 0 Å². The zero-order chi connectivity index (χ0) is 18.4. The maximum Gasteiger partial charge on any atom is 0.469 e. The third-order valence-electron chi connectivity index (χ3n) is 3.91. The largest absolute Gasteiger partial charge is 0.469 e. The standard InChI is InChI=1S/2C6H13N.C3H8FO5P/c2*7-6-4-2-1-3-5-6;4-1-3(5)2-9-10(6,7)8/h2*6H,1-5,7H2;3,5H,1-2H2,(H2,6,7,8). The molecule has 1 unspecified atom stereocenters. The molecular weight excluding hydrogens is 338 g/mol. The minimum Gasteiger partial charge on any atom is -0.388 e. The van der Waals surface area contributed by atoms with E-state index in [0.717, 1.165) is 0 Å². The van der Waals surface area contributed by atoms with Gasteiger partial charge < -0.3 is 26.4 Å². The van der Waals surface area contributed by atoms with Crippen LogP contribution >= 0.6 is 7.82 Å². The maximum absolute atomic E-state index is 11.4. The van der Waals surface area contributed by atoms with Crippen molar-refractivity contribution in [2.24, 2.45) is 11.5 Å². The van der Waals surface area contributed by atoms with E-state index < -0.39 is 27.2 Å². The molecule has 0 radical (unpaired) electrons. The van der Waals surface area contributed by atoms with Crippen molar-refractivity contribution in [3.8, 4) is 0 Å². The number of halogens is 1. The summed E-state index contributed by atoms with van der Waals surface area (Å²) in [4.78, 5) is 16.0. The fraction of sp³-hybridized carbons (Fsp3) is 1.00. The molecular formula is C15H34FN2O5P. The van der Waals surface area contributed by atoms with Gasteiger partial charge in [0.25, 0.3) is 0 Å². The molecule has 0 bridgehead atoms. The molecule has 1 atom stereocenters. The first kappa shape index (κ1) is 23.9. The second-order valence-corrected chi connectivity index (χ2v) is 7.63. The van der Waals surface area contributed by atoms with Gasteiger partial charge in [-0.3, -0.25) is 4.52 Å². The molecule has 0 aromatic rings. The number of hydrogen-bond donors (Lipinski definition) is 5. The van der Waals surface area contributed by atoms with Crippen LogP contribution in [-0.2, 0) is 9.09 Å². The van der Waals surface area contributed by atoms with Gasteiger partial charge in [-0.25, -0.2) is 8.96 Å². The van der Waals surface area contributed by atoms with Crippen molar-refractivity contribution in [2.45, 2.75) is 82.4 Å². The van der Waals surface area contributed by atoms with Crippen molar-refractivity contribution in [1.29, 1.82) is 0 Å². The van der Waals surface area contributed by atoms with Gasteiger partial charge in [0.15, 0.2) is 0 Å². The Hall–Kier alpha value is -0.0800. The Morgan fingerprint density at radius 2 is 1.33 bits per heavy atom. The normalized spacial score (nSPS) is 21.1. The second kappa shape index (κ2) is 14.1. The van der Waals surface area contributed by atoms with Crippen LogP contribution in [0.4, 0.5) is 4.39 Å². The van der Waals surface area contributed by atoms with Gasteiger partial charge in [0.05, 0.1) is 6.61 Å². The van der Waals surface area contributed by atoms with Gasteiger partial charge in [-0.1, -0.05) is 38.5 Å². The molecule has 2 aliphatic rings. The Kier molecular flexibility index (Phi) is 14.1. The monoisotopic (exact) mass is 372 g/mol. The van der Waals surface area contributed by atoms with Gasteiger partial charge in [-0.15, -0.1) is 0 Å². The summed E-state index contributed by atoms with van der Waals surface area (Å²) in [6, 6.07) is 1.07. The van der Waals surface area contributed by atoms with E-state index in [-0.39, 0.29) is 0 Å². The molecule has 7 nitrogen and oxygen atoms in total. The van der Waals surface area contributed by atoms with Crippen molar-refractivity contribution in [2.75, 3.05) is 13.3 Å². The Morgan fingerprint density at radius 1 is 0.958 bits per heavy atom. The van der Waals surface area contributed by atoms with Gasteiger partial charge in [0.1, 0.15) is 12.8 Å². The zero-order valence-electron chi connectivity index (χ0n) is 14.4. The van der Waals surface area contributed by atoms with Crippen molar-refractivity contribution >= 4 is 7.82 Å². The van der Waals surface area contributed by atoms with Crippen molar-refractivity contribution in [3.63, 3.8) is 0 Å². The molecule has 0 aliphatic heterocycles. The van der Waals surface area contributed by atoms with E-state index in [4.69, 9.17) is 26.4 Å². The van der Waals surface area contributed by atoms with Gasteiger partial charge in [0.2, 0.25) is 0 Å². The quantitative estimate of drug-likeness (QED) is 0.475. The molecule has 2 rings (SSSR count). The SMILES string of the molecule is NC1CCCCC1.NC1CCCCC1.O=P(O)(O)OCC(O)CF. The summed E-state index contributed by atoms with van der Waals surface area (Å²) in [5, 5.41) is 8.38. The summed E-state index contributed by atoms with van der Waals surface area (Å²) in [7, 11) is -4.56. The number of alkyl halides is 1. The van der Waals surface area contributed by atoms with Gasteiger partial charge in [-0.2, -0.15) is 0 Å². The highest BCUT2D eigenvalue weighted by Gasteiger charge is 2.16. The predicted octanol–water partition coefficient (Wildman–Crippen LogP) is 1.98. The molecule has 7 N–H and O–H groups in total. The van der Waals surface area contributed by atoms with E-state index in [1.807, 2.05) is 0 Å². The number of aliphatic hydroxyl groups is 1. The minimum atomic E-state index is -4.56. The van der Waals surface area contributed by atoms with Crippen LogP contribution < -0.4 is 11.5 Å². The Bertz CT molecular complexity index is 318. The maximum atomic E-state index is 11.4. The topological polar surface area (TPSA) is 139 Å². The minimum absolute atomic E-state index is 0.536. The highest BCUT2D eigenvalue weighted by molar-refractivity contribution is 7.46. The van der Waals surface area contributed by atoms with Gasteiger partial charge in [0, 0.05) is 12.1 Å². The lowest BCUT2D eigenvalue weighted by Crippen LogP contribution is -2.22. The van der Waals surface area contributed by atoms with Gasteiger partial charge in [-0.05, 0) is 25.7 Å². The van der Waals surface area contributed by atoms with E-state index in [1.165, 1.54) is 64.2 Å². The molecule has 0 spiro atoms. The summed E-state index contributed by atoms with van der Waals surface area (Å²) in [5.74, 6) is 0. The summed E-state index contributed by atoms with van der Waals surface area (Å²) < 4.78 is 25.0. The summed E-state index contributed by atoms with van der Waals surface area (Å²) in [6.07, 6.45) is 11.9. The summed E-state index contributed by atoms with van der Waals surface area (Å²) >= 11 is 0. The highest BCUT2D eigenvalue weighted by atomic mass is 31.2. The average molecular weight is 372 g/mol. The molecule has 0 saturated heterocycles. The molecule has 0 aromatic carbocycles. The van der Waals surface area contributed by atoms with Gasteiger partial charge >= 0.3 is 7.82 Å². The molecule has 0 amide bonds. The van der Waals surface area contributed by atoms with Crippen LogP contribution in [0.1, 0.15) is 64.2 Å². The van der Waals surface area contributed by atoms with E-state index in [2.05, 4.69) is 4.52 Å². The number of rotatable bonds is 4. The number of aliphatic hydroxyl groups excluding tert-OH is 1. The number of phosphoric acid groups is 1. The third kappa shape index (κ3) is 16.8.